The number of anilines is 2. The molecular weight excluding hydrogens is 540 g/mol. The highest BCUT2D eigenvalue weighted by atomic mass is 19.3. The smallest absolute Gasteiger partial charge is 0.280 e. The molecule has 1 spiro atoms. The lowest BCUT2D eigenvalue weighted by Crippen LogP contribution is -2.69. The number of fused-ring (bicyclic) bond motifs is 5. The summed E-state index contributed by atoms with van der Waals surface area (Å²) in [5.74, 6) is 0.634. The van der Waals surface area contributed by atoms with Crippen molar-refractivity contribution in [2.24, 2.45) is 0 Å². The van der Waals surface area contributed by atoms with Crippen molar-refractivity contribution in [2.75, 3.05) is 55.6 Å². The molecule has 3 fully saturated rings. The average Bonchev–Trinajstić information content (AvgIpc) is 3.29. The maximum absolute atomic E-state index is 14.5. The molecule has 5 aliphatic rings. The SMILES string of the molecule is C=CC(=O)N1CCN(C2CN3c4cc(N5CCC6(CC5)OC(C)Cn5nc(C)cc56)nc(C(F)F)c4CCCC23)CC1. The Morgan fingerprint density at radius 2 is 1.88 bits per heavy atom. The molecule has 3 unspecified atom stereocenters. The van der Waals surface area contributed by atoms with Crippen LogP contribution in [0.4, 0.5) is 20.3 Å². The van der Waals surface area contributed by atoms with Crippen molar-refractivity contribution in [2.45, 2.75) is 82.7 Å². The van der Waals surface area contributed by atoms with Gasteiger partial charge in [0.1, 0.15) is 17.1 Å². The third-order valence-corrected chi connectivity index (χ3v) is 10.2. The van der Waals surface area contributed by atoms with Crippen LogP contribution >= 0.6 is 0 Å². The van der Waals surface area contributed by atoms with Gasteiger partial charge in [-0.15, -0.1) is 0 Å². The summed E-state index contributed by atoms with van der Waals surface area (Å²) >= 11 is 0. The number of carbonyl (C=O) groups is 1. The van der Waals surface area contributed by atoms with Gasteiger partial charge in [-0.05, 0) is 58.1 Å². The molecule has 5 aliphatic heterocycles. The minimum atomic E-state index is -2.61. The molecule has 7 heterocycles. The second-order valence-corrected chi connectivity index (χ2v) is 12.7. The van der Waals surface area contributed by atoms with Crippen LogP contribution in [0.5, 0.6) is 0 Å². The highest BCUT2D eigenvalue weighted by molar-refractivity contribution is 5.87. The summed E-state index contributed by atoms with van der Waals surface area (Å²) in [6.45, 7) is 13.7. The van der Waals surface area contributed by atoms with E-state index in [4.69, 9.17) is 9.84 Å². The van der Waals surface area contributed by atoms with Gasteiger partial charge in [0.15, 0.2) is 0 Å². The van der Waals surface area contributed by atoms with E-state index in [1.807, 2.05) is 11.8 Å². The number of rotatable bonds is 4. The summed E-state index contributed by atoms with van der Waals surface area (Å²) in [6, 6.07) is 4.87. The summed E-state index contributed by atoms with van der Waals surface area (Å²) in [5.41, 5.74) is 3.32. The number of piperazine rings is 1. The fraction of sp³-hybridized carbons (Fsp3) is 0.645. The molecule has 0 saturated carbocycles. The first-order valence-electron chi connectivity index (χ1n) is 15.5. The van der Waals surface area contributed by atoms with Gasteiger partial charge in [-0.2, -0.15) is 5.10 Å². The number of hydrogen-bond donors (Lipinski definition) is 0. The summed E-state index contributed by atoms with van der Waals surface area (Å²) in [6.07, 6.45) is 2.84. The second-order valence-electron chi connectivity index (χ2n) is 12.7. The van der Waals surface area contributed by atoms with Crippen LogP contribution in [0.2, 0.25) is 0 Å². The normalized spacial score (nSPS) is 27.3. The Morgan fingerprint density at radius 1 is 1.12 bits per heavy atom. The van der Waals surface area contributed by atoms with Gasteiger partial charge in [0.05, 0.1) is 24.0 Å². The van der Waals surface area contributed by atoms with Gasteiger partial charge in [0, 0.05) is 75.2 Å². The van der Waals surface area contributed by atoms with Gasteiger partial charge >= 0.3 is 0 Å². The number of aryl methyl sites for hydroxylation is 1. The molecule has 3 saturated heterocycles. The lowest BCUT2D eigenvalue weighted by Gasteiger charge is -2.55. The van der Waals surface area contributed by atoms with Gasteiger partial charge in [-0.25, -0.2) is 13.8 Å². The molecule has 3 atom stereocenters. The van der Waals surface area contributed by atoms with Crippen LogP contribution < -0.4 is 9.80 Å². The van der Waals surface area contributed by atoms with E-state index < -0.39 is 12.0 Å². The van der Waals surface area contributed by atoms with Gasteiger partial charge in [0.2, 0.25) is 5.91 Å². The maximum Gasteiger partial charge on any atom is 0.280 e. The average molecular weight is 582 g/mol. The largest absolute Gasteiger partial charge is 0.365 e. The highest BCUT2D eigenvalue weighted by Gasteiger charge is 2.47. The van der Waals surface area contributed by atoms with Gasteiger partial charge in [-0.1, -0.05) is 6.58 Å². The van der Waals surface area contributed by atoms with E-state index in [0.717, 1.165) is 68.9 Å². The molecule has 0 aromatic carbocycles. The Bertz CT molecular complexity index is 1360. The van der Waals surface area contributed by atoms with E-state index in [2.05, 4.69) is 50.0 Å². The first-order chi connectivity index (χ1) is 20.3. The van der Waals surface area contributed by atoms with Gasteiger partial charge in [0.25, 0.3) is 6.43 Å². The van der Waals surface area contributed by atoms with Crippen LogP contribution in [0.25, 0.3) is 0 Å². The number of aromatic nitrogens is 3. The standard InChI is InChI=1S/C31H41F2N7O2/c1-4-28(41)38-14-12-36(13-15-38)25-19-39-23(25)7-5-6-22-24(39)17-27(34-29(22)30(32)33)37-10-8-31(9-11-37)26-16-20(2)35-40(26)18-21(3)42-31/h4,16-17,21,23,25,30H,1,5-15,18-19H2,2-3H3. The van der Waals surface area contributed by atoms with E-state index in [9.17, 15) is 13.6 Å². The van der Waals surface area contributed by atoms with Crippen LogP contribution in [0.15, 0.2) is 24.8 Å². The molecule has 1 amide bonds. The van der Waals surface area contributed by atoms with Crippen molar-refractivity contribution in [1.29, 1.82) is 0 Å². The van der Waals surface area contributed by atoms with Crippen LogP contribution in [0.3, 0.4) is 0 Å². The lowest BCUT2D eigenvalue weighted by molar-refractivity contribution is -0.136. The Kier molecular flexibility index (Phi) is 7.00. The van der Waals surface area contributed by atoms with E-state index >= 15 is 0 Å². The van der Waals surface area contributed by atoms with E-state index in [1.165, 1.54) is 6.08 Å². The van der Waals surface area contributed by atoms with Crippen molar-refractivity contribution in [3.8, 4) is 0 Å². The zero-order valence-electron chi connectivity index (χ0n) is 24.6. The van der Waals surface area contributed by atoms with Crippen LogP contribution in [0.1, 0.15) is 61.7 Å². The number of hydrogen-bond acceptors (Lipinski definition) is 7. The molecule has 226 valence electrons. The number of carbonyl (C=O) groups excluding carboxylic acids is 1. The molecule has 0 aliphatic carbocycles. The zero-order valence-corrected chi connectivity index (χ0v) is 24.6. The monoisotopic (exact) mass is 581 g/mol. The van der Waals surface area contributed by atoms with E-state index in [0.29, 0.717) is 56.1 Å². The molecule has 9 nitrogen and oxygen atoms in total. The number of pyridine rings is 1. The first-order valence-corrected chi connectivity index (χ1v) is 15.5. The Morgan fingerprint density at radius 3 is 2.60 bits per heavy atom. The fourth-order valence-electron chi connectivity index (χ4n) is 8.07. The zero-order chi connectivity index (χ0) is 29.2. The van der Waals surface area contributed by atoms with Crippen molar-refractivity contribution in [3.05, 3.63) is 47.4 Å². The van der Waals surface area contributed by atoms with Crippen LogP contribution in [-0.2, 0) is 28.1 Å². The maximum atomic E-state index is 14.5. The second kappa shape index (κ2) is 10.6. The van der Waals surface area contributed by atoms with Crippen LogP contribution in [0, 0.1) is 6.92 Å². The fourth-order valence-corrected chi connectivity index (χ4v) is 8.07. The van der Waals surface area contributed by atoms with Crippen molar-refractivity contribution in [1.82, 2.24) is 24.6 Å². The van der Waals surface area contributed by atoms with Crippen molar-refractivity contribution >= 4 is 17.4 Å². The third kappa shape index (κ3) is 4.59. The van der Waals surface area contributed by atoms with Crippen LogP contribution in [-0.4, -0.2) is 94.5 Å². The molecule has 42 heavy (non-hydrogen) atoms. The Balaban J connectivity index is 1.11. The third-order valence-electron chi connectivity index (χ3n) is 10.2. The van der Waals surface area contributed by atoms with Gasteiger partial charge < -0.3 is 19.4 Å². The van der Waals surface area contributed by atoms with Gasteiger partial charge in [-0.3, -0.25) is 14.4 Å². The predicted molar refractivity (Wildman–Crippen MR) is 156 cm³/mol. The number of halogens is 2. The summed E-state index contributed by atoms with van der Waals surface area (Å²) in [7, 11) is 0. The molecule has 2 aromatic heterocycles. The number of ether oxygens (including phenoxy) is 1. The first kappa shape index (κ1) is 27.8. The molecule has 0 bridgehead atoms. The Labute approximate surface area is 246 Å². The summed E-state index contributed by atoms with van der Waals surface area (Å²) in [4.78, 5) is 25.5. The lowest BCUT2D eigenvalue weighted by atomic mass is 9.86. The highest BCUT2D eigenvalue weighted by Crippen LogP contribution is 2.45. The molecule has 2 aromatic rings. The minimum Gasteiger partial charge on any atom is -0.365 e. The molecular formula is C31H41F2N7O2. The molecule has 0 N–H and O–H groups in total. The molecule has 0 radical (unpaired) electrons. The van der Waals surface area contributed by atoms with E-state index in [1.54, 1.807) is 0 Å². The van der Waals surface area contributed by atoms with E-state index in [-0.39, 0.29) is 17.7 Å². The predicted octanol–water partition coefficient (Wildman–Crippen LogP) is 3.66. The minimum absolute atomic E-state index is 0.0122. The number of alkyl halides is 2. The number of nitrogens with zero attached hydrogens (tertiary/aromatic N) is 7. The number of piperidine rings is 1. The van der Waals surface area contributed by atoms with Crippen molar-refractivity contribution in [3.63, 3.8) is 0 Å². The number of amides is 1. The Hall–Kier alpha value is -3.05. The molecule has 11 heteroatoms. The topological polar surface area (TPSA) is 70.0 Å². The van der Waals surface area contributed by atoms with Crippen molar-refractivity contribution < 1.29 is 18.3 Å². The molecule has 7 rings (SSSR count). The summed E-state index contributed by atoms with van der Waals surface area (Å²) in [5, 5.41) is 4.69. The quantitative estimate of drug-likeness (QED) is 0.511. The summed E-state index contributed by atoms with van der Waals surface area (Å²) < 4.78 is 37.7.